The van der Waals surface area contributed by atoms with Crippen LogP contribution in [0.25, 0.3) is 22.2 Å². The highest BCUT2D eigenvalue weighted by molar-refractivity contribution is 5.97. The minimum absolute atomic E-state index is 0.384. The number of likely N-dealkylation sites (N-methyl/N-ethyl adjacent to an activating group) is 1. The average molecular weight is 324 g/mol. The molecule has 24 heavy (non-hydrogen) atoms. The first-order chi connectivity index (χ1) is 11.5. The van der Waals surface area contributed by atoms with Crippen molar-refractivity contribution >= 4 is 22.8 Å². The number of nitrogens with two attached hydrogens (primary N) is 1. The first kappa shape index (κ1) is 15.9. The fourth-order valence-electron chi connectivity index (χ4n) is 2.50. The lowest BCUT2D eigenvalue weighted by molar-refractivity contribution is 0.1000. The van der Waals surface area contributed by atoms with Crippen LogP contribution in [0.4, 0.5) is 5.82 Å². The quantitative estimate of drug-likeness (QED) is 0.641. The number of fused-ring (bicyclic) bond motifs is 1. The van der Waals surface area contributed by atoms with Crippen LogP contribution < -0.4 is 11.1 Å². The highest BCUT2D eigenvalue weighted by Crippen LogP contribution is 2.29. The summed E-state index contributed by atoms with van der Waals surface area (Å²) < 4.78 is 0. The third-order valence-corrected chi connectivity index (χ3v) is 3.73. The summed E-state index contributed by atoms with van der Waals surface area (Å²) in [5.41, 5.74) is 8.31. The summed E-state index contributed by atoms with van der Waals surface area (Å²) in [7, 11) is 4.05. The molecule has 0 unspecified atom stereocenters. The van der Waals surface area contributed by atoms with Crippen molar-refractivity contribution in [2.24, 2.45) is 5.73 Å². The van der Waals surface area contributed by atoms with Crippen LogP contribution in [-0.4, -0.2) is 52.9 Å². The maximum atomic E-state index is 11.4. The van der Waals surface area contributed by atoms with Gasteiger partial charge < -0.3 is 20.9 Å². The van der Waals surface area contributed by atoms with E-state index in [0.29, 0.717) is 5.56 Å². The van der Waals surface area contributed by atoms with Crippen molar-refractivity contribution in [3.8, 4) is 11.1 Å². The number of primary amides is 1. The molecule has 3 heterocycles. The minimum atomic E-state index is -0.493. The molecule has 124 valence electrons. The van der Waals surface area contributed by atoms with Crippen LogP contribution in [0.5, 0.6) is 0 Å². The van der Waals surface area contributed by atoms with Crippen LogP contribution in [0, 0.1) is 0 Å². The lowest BCUT2D eigenvalue weighted by atomic mass is 10.0. The fourth-order valence-corrected chi connectivity index (χ4v) is 2.50. The normalized spacial score (nSPS) is 11.1. The van der Waals surface area contributed by atoms with Gasteiger partial charge in [-0.25, -0.2) is 4.98 Å². The third kappa shape index (κ3) is 3.36. The minimum Gasteiger partial charge on any atom is -0.369 e. The Morgan fingerprint density at radius 2 is 2.17 bits per heavy atom. The van der Waals surface area contributed by atoms with Gasteiger partial charge in [0.25, 0.3) is 0 Å². The molecule has 7 heteroatoms. The van der Waals surface area contributed by atoms with Gasteiger partial charge in [0.05, 0.1) is 5.56 Å². The van der Waals surface area contributed by atoms with Crippen LogP contribution in [0.3, 0.4) is 0 Å². The summed E-state index contributed by atoms with van der Waals surface area (Å²) in [6, 6.07) is 5.67. The van der Waals surface area contributed by atoms with Crippen molar-refractivity contribution in [2.45, 2.75) is 0 Å². The molecule has 1 amide bonds. The molecule has 0 radical (unpaired) electrons. The number of H-pyrrole nitrogens is 1. The Bertz CT molecular complexity index is 870. The second-order valence-electron chi connectivity index (χ2n) is 5.85. The zero-order valence-electron chi connectivity index (χ0n) is 13.7. The first-order valence-electron chi connectivity index (χ1n) is 7.66. The van der Waals surface area contributed by atoms with Gasteiger partial charge in [-0.1, -0.05) is 0 Å². The monoisotopic (exact) mass is 324 g/mol. The van der Waals surface area contributed by atoms with E-state index in [1.54, 1.807) is 12.3 Å². The van der Waals surface area contributed by atoms with Crippen LogP contribution >= 0.6 is 0 Å². The average Bonchev–Trinajstić information content (AvgIpc) is 3.02. The Balaban J connectivity index is 2.01. The summed E-state index contributed by atoms with van der Waals surface area (Å²) in [4.78, 5) is 25.4. The molecule has 3 aromatic heterocycles. The maximum absolute atomic E-state index is 11.4. The molecule has 0 saturated carbocycles. The molecule has 0 aliphatic heterocycles. The Morgan fingerprint density at radius 3 is 2.92 bits per heavy atom. The Labute approximate surface area is 139 Å². The fraction of sp³-hybridized carbons (Fsp3) is 0.235. The zero-order chi connectivity index (χ0) is 17.1. The zero-order valence-corrected chi connectivity index (χ0v) is 13.7. The van der Waals surface area contributed by atoms with Gasteiger partial charge in [-0.05, 0) is 37.9 Å². The topological polar surface area (TPSA) is 99.9 Å². The molecule has 3 aromatic rings. The molecule has 0 bridgehead atoms. The van der Waals surface area contributed by atoms with Crippen molar-refractivity contribution in [1.29, 1.82) is 0 Å². The number of nitrogens with one attached hydrogen (secondary N) is 2. The van der Waals surface area contributed by atoms with Crippen molar-refractivity contribution in [3.05, 3.63) is 42.4 Å². The van der Waals surface area contributed by atoms with Gasteiger partial charge in [0.2, 0.25) is 5.91 Å². The summed E-state index contributed by atoms with van der Waals surface area (Å²) in [5, 5.41) is 4.29. The molecular weight excluding hydrogens is 304 g/mol. The van der Waals surface area contributed by atoms with Crippen LogP contribution in [0.1, 0.15) is 10.4 Å². The predicted octanol–water partition coefficient (Wildman–Crippen LogP) is 1.70. The van der Waals surface area contributed by atoms with Gasteiger partial charge in [-0.15, -0.1) is 0 Å². The molecule has 0 fully saturated rings. The molecule has 0 saturated heterocycles. The first-order valence-corrected chi connectivity index (χ1v) is 7.66. The Kier molecular flexibility index (Phi) is 4.43. The van der Waals surface area contributed by atoms with E-state index in [-0.39, 0.29) is 0 Å². The van der Waals surface area contributed by atoms with Crippen molar-refractivity contribution in [1.82, 2.24) is 19.9 Å². The van der Waals surface area contributed by atoms with Crippen molar-refractivity contribution < 1.29 is 4.79 Å². The SMILES string of the molecule is CN(C)CCNc1cc(-c2cncc(C(N)=O)c2)c2cc[nH]c2n1. The van der Waals surface area contributed by atoms with Gasteiger partial charge in [-0.3, -0.25) is 9.78 Å². The van der Waals surface area contributed by atoms with E-state index in [0.717, 1.165) is 41.1 Å². The smallest absolute Gasteiger partial charge is 0.250 e. The van der Waals surface area contributed by atoms with Gasteiger partial charge >= 0.3 is 0 Å². The van der Waals surface area contributed by atoms with E-state index in [4.69, 9.17) is 5.73 Å². The van der Waals surface area contributed by atoms with E-state index in [1.807, 2.05) is 32.4 Å². The maximum Gasteiger partial charge on any atom is 0.250 e. The largest absolute Gasteiger partial charge is 0.369 e. The molecule has 7 nitrogen and oxygen atoms in total. The Morgan fingerprint density at radius 1 is 1.33 bits per heavy atom. The van der Waals surface area contributed by atoms with Crippen molar-refractivity contribution in [3.63, 3.8) is 0 Å². The summed E-state index contributed by atoms with van der Waals surface area (Å²) in [5.74, 6) is 0.277. The van der Waals surface area contributed by atoms with E-state index in [2.05, 4.69) is 25.2 Å². The van der Waals surface area contributed by atoms with Gasteiger partial charge in [0.1, 0.15) is 11.5 Å². The number of nitrogens with zero attached hydrogens (tertiary/aromatic N) is 3. The number of pyridine rings is 2. The highest BCUT2D eigenvalue weighted by atomic mass is 16.1. The summed E-state index contributed by atoms with van der Waals surface area (Å²) >= 11 is 0. The van der Waals surface area contributed by atoms with E-state index < -0.39 is 5.91 Å². The number of anilines is 1. The van der Waals surface area contributed by atoms with Gasteiger partial charge in [0.15, 0.2) is 0 Å². The van der Waals surface area contributed by atoms with Crippen LogP contribution in [0.15, 0.2) is 36.8 Å². The summed E-state index contributed by atoms with van der Waals surface area (Å²) in [6.07, 6.45) is 5.03. The van der Waals surface area contributed by atoms with Gasteiger partial charge in [0, 0.05) is 42.6 Å². The molecule has 0 aliphatic rings. The highest BCUT2D eigenvalue weighted by Gasteiger charge is 2.11. The van der Waals surface area contributed by atoms with Crippen LogP contribution in [-0.2, 0) is 0 Å². The molecule has 0 atom stereocenters. The molecule has 4 N–H and O–H groups in total. The van der Waals surface area contributed by atoms with E-state index in [9.17, 15) is 4.79 Å². The number of aromatic nitrogens is 3. The molecule has 0 spiro atoms. The lowest BCUT2D eigenvalue weighted by Gasteiger charge is -2.12. The number of rotatable bonds is 6. The number of hydrogen-bond acceptors (Lipinski definition) is 5. The standard InChI is InChI=1S/C17H20N6O/c1-23(2)6-5-20-15-8-14(13-3-4-21-17(13)22-15)11-7-12(16(18)24)10-19-9-11/h3-4,7-10H,5-6H2,1-2H3,(H2,18,24)(H2,20,21,22). The number of carbonyl (C=O) groups is 1. The van der Waals surface area contributed by atoms with Gasteiger partial charge in [-0.2, -0.15) is 0 Å². The van der Waals surface area contributed by atoms with Crippen LogP contribution in [0.2, 0.25) is 0 Å². The third-order valence-electron chi connectivity index (χ3n) is 3.73. The van der Waals surface area contributed by atoms with E-state index >= 15 is 0 Å². The number of hydrogen-bond donors (Lipinski definition) is 3. The molecule has 3 rings (SSSR count). The second-order valence-corrected chi connectivity index (χ2v) is 5.85. The number of carbonyl (C=O) groups excluding carboxylic acids is 1. The molecular formula is C17H20N6O. The lowest BCUT2D eigenvalue weighted by Crippen LogP contribution is -2.21. The number of aromatic amines is 1. The number of amides is 1. The second kappa shape index (κ2) is 6.67. The van der Waals surface area contributed by atoms with E-state index in [1.165, 1.54) is 6.20 Å². The predicted molar refractivity (Wildman–Crippen MR) is 94.9 cm³/mol. The molecule has 0 aliphatic carbocycles. The molecule has 0 aromatic carbocycles. The Hall–Kier alpha value is -2.93. The van der Waals surface area contributed by atoms with Crippen molar-refractivity contribution in [2.75, 3.05) is 32.5 Å². The summed E-state index contributed by atoms with van der Waals surface area (Å²) in [6.45, 7) is 1.68.